The van der Waals surface area contributed by atoms with Gasteiger partial charge in [-0.2, -0.15) is 0 Å². The molecule has 2 unspecified atom stereocenters. The van der Waals surface area contributed by atoms with Gasteiger partial charge in [0.2, 0.25) is 0 Å². The summed E-state index contributed by atoms with van der Waals surface area (Å²) in [4.78, 5) is 22.1. The first-order valence-electron chi connectivity index (χ1n) is 5.52. The third-order valence-electron chi connectivity index (χ3n) is 2.53. The van der Waals surface area contributed by atoms with Gasteiger partial charge in [0, 0.05) is 18.9 Å². The van der Waals surface area contributed by atoms with Crippen LogP contribution in [0, 0.1) is 0 Å². The van der Waals surface area contributed by atoms with Crippen LogP contribution in [0.4, 0.5) is 0 Å². The number of ether oxygens (including phenoxy) is 2. The number of hydrogen-bond acceptors (Lipinski definition) is 4. The predicted octanol–water partition coefficient (Wildman–Crippen LogP) is 1.98. The lowest BCUT2D eigenvalue weighted by Crippen LogP contribution is -2.31. The van der Waals surface area contributed by atoms with Crippen LogP contribution in [0.1, 0.15) is 39.5 Å². The first-order chi connectivity index (χ1) is 7.49. The van der Waals surface area contributed by atoms with E-state index in [0.717, 1.165) is 19.3 Å². The van der Waals surface area contributed by atoms with E-state index in [0.29, 0.717) is 12.0 Å². The van der Waals surface area contributed by atoms with Crippen LogP contribution in [-0.2, 0) is 19.1 Å². The molecule has 4 heteroatoms. The Kier molecular flexibility index (Phi) is 4.52. The van der Waals surface area contributed by atoms with Gasteiger partial charge in [0.1, 0.15) is 12.2 Å². The molecule has 0 aromatic carbocycles. The largest absolute Gasteiger partial charge is 0.462 e. The number of esters is 2. The minimum Gasteiger partial charge on any atom is -0.462 e. The lowest BCUT2D eigenvalue weighted by Gasteiger charge is -2.28. The molecule has 0 bridgehead atoms. The summed E-state index contributed by atoms with van der Waals surface area (Å²) in [5.74, 6) is -0.648. The van der Waals surface area contributed by atoms with Crippen molar-refractivity contribution in [2.75, 3.05) is 0 Å². The first-order valence-corrected chi connectivity index (χ1v) is 5.52. The van der Waals surface area contributed by atoms with E-state index in [1.165, 1.54) is 6.92 Å². The van der Waals surface area contributed by atoms with Gasteiger partial charge in [-0.1, -0.05) is 6.58 Å². The zero-order chi connectivity index (χ0) is 12.1. The minimum atomic E-state index is -0.367. The van der Waals surface area contributed by atoms with Gasteiger partial charge >= 0.3 is 11.9 Å². The zero-order valence-electron chi connectivity index (χ0n) is 9.82. The van der Waals surface area contributed by atoms with Gasteiger partial charge in [-0.3, -0.25) is 4.79 Å². The maximum atomic E-state index is 11.3. The molecule has 1 aliphatic rings. The third-order valence-corrected chi connectivity index (χ3v) is 2.53. The highest BCUT2D eigenvalue weighted by Gasteiger charge is 2.26. The fraction of sp³-hybridized carbons (Fsp3) is 0.667. The summed E-state index contributed by atoms with van der Waals surface area (Å²) >= 11 is 0. The van der Waals surface area contributed by atoms with Crippen molar-refractivity contribution < 1.29 is 19.1 Å². The number of carbonyl (C=O) groups is 2. The number of rotatable bonds is 3. The zero-order valence-corrected chi connectivity index (χ0v) is 9.82. The lowest BCUT2D eigenvalue weighted by molar-refractivity contribution is -0.154. The first kappa shape index (κ1) is 12.7. The topological polar surface area (TPSA) is 52.6 Å². The summed E-state index contributed by atoms with van der Waals surface area (Å²) in [5, 5.41) is 0. The molecular weight excluding hydrogens is 208 g/mol. The number of carbonyl (C=O) groups excluding carboxylic acids is 2. The Bertz CT molecular complexity index is 295. The second-order valence-corrected chi connectivity index (χ2v) is 4.21. The van der Waals surface area contributed by atoms with Gasteiger partial charge < -0.3 is 9.47 Å². The molecule has 0 N–H and O–H groups in total. The van der Waals surface area contributed by atoms with Crippen LogP contribution in [0.15, 0.2) is 12.2 Å². The van der Waals surface area contributed by atoms with Crippen LogP contribution in [0.25, 0.3) is 0 Å². The van der Waals surface area contributed by atoms with Crippen molar-refractivity contribution in [3.05, 3.63) is 12.2 Å². The van der Waals surface area contributed by atoms with E-state index in [-0.39, 0.29) is 24.1 Å². The third kappa shape index (κ3) is 4.04. The second kappa shape index (κ2) is 5.68. The van der Waals surface area contributed by atoms with Crippen molar-refractivity contribution in [1.82, 2.24) is 0 Å². The van der Waals surface area contributed by atoms with Crippen molar-refractivity contribution in [3.63, 3.8) is 0 Å². The van der Waals surface area contributed by atoms with Crippen molar-refractivity contribution in [3.8, 4) is 0 Å². The summed E-state index contributed by atoms with van der Waals surface area (Å²) in [6.07, 6.45) is 2.92. The highest BCUT2D eigenvalue weighted by atomic mass is 16.6. The molecule has 0 aromatic heterocycles. The van der Waals surface area contributed by atoms with Crippen molar-refractivity contribution in [2.45, 2.75) is 51.7 Å². The standard InChI is InChI=1S/C12H18O4/c1-8(2)12(14)16-11-6-4-5-10(7-11)15-9(3)13/h10-11H,1,4-7H2,2-3H3. The Morgan fingerprint density at radius 1 is 1.12 bits per heavy atom. The van der Waals surface area contributed by atoms with E-state index >= 15 is 0 Å². The molecule has 0 aliphatic heterocycles. The molecule has 0 heterocycles. The smallest absolute Gasteiger partial charge is 0.333 e. The molecule has 0 spiro atoms. The van der Waals surface area contributed by atoms with Crippen LogP contribution < -0.4 is 0 Å². The van der Waals surface area contributed by atoms with E-state index in [4.69, 9.17) is 9.47 Å². The van der Waals surface area contributed by atoms with E-state index in [2.05, 4.69) is 6.58 Å². The van der Waals surface area contributed by atoms with E-state index < -0.39 is 0 Å². The quantitative estimate of drug-likeness (QED) is 0.545. The molecule has 4 nitrogen and oxygen atoms in total. The Morgan fingerprint density at radius 2 is 1.69 bits per heavy atom. The summed E-state index contributed by atoms with van der Waals surface area (Å²) in [5.41, 5.74) is 0.398. The predicted molar refractivity (Wildman–Crippen MR) is 58.7 cm³/mol. The van der Waals surface area contributed by atoms with Crippen LogP contribution in [-0.4, -0.2) is 24.1 Å². The van der Waals surface area contributed by atoms with Gasteiger partial charge in [-0.25, -0.2) is 4.79 Å². The van der Waals surface area contributed by atoms with Crippen molar-refractivity contribution in [2.24, 2.45) is 0 Å². The van der Waals surface area contributed by atoms with E-state index in [1.807, 2.05) is 0 Å². The average molecular weight is 226 g/mol. The Hall–Kier alpha value is -1.32. The molecule has 1 fully saturated rings. The fourth-order valence-electron chi connectivity index (χ4n) is 1.80. The summed E-state index contributed by atoms with van der Waals surface area (Å²) in [7, 11) is 0. The molecule has 0 saturated heterocycles. The highest BCUT2D eigenvalue weighted by molar-refractivity contribution is 5.87. The SMILES string of the molecule is C=C(C)C(=O)OC1CCCC(OC(C)=O)C1. The van der Waals surface area contributed by atoms with Gasteiger partial charge in [-0.05, 0) is 26.2 Å². The summed E-state index contributed by atoms with van der Waals surface area (Å²) in [6, 6.07) is 0. The molecule has 0 aromatic rings. The van der Waals surface area contributed by atoms with Crippen molar-refractivity contribution >= 4 is 11.9 Å². The molecular formula is C12H18O4. The van der Waals surface area contributed by atoms with Gasteiger partial charge in [-0.15, -0.1) is 0 Å². The molecule has 1 saturated carbocycles. The molecule has 0 amide bonds. The lowest BCUT2D eigenvalue weighted by atomic mass is 9.95. The monoisotopic (exact) mass is 226 g/mol. The fourth-order valence-corrected chi connectivity index (χ4v) is 1.80. The summed E-state index contributed by atoms with van der Waals surface area (Å²) in [6.45, 7) is 6.54. The highest BCUT2D eigenvalue weighted by Crippen LogP contribution is 2.24. The van der Waals surface area contributed by atoms with Crippen LogP contribution >= 0.6 is 0 Å². The molecule has 1 aliphatic carbocycles. The number of hydrogen-bond donors (Lipinski definition) is 0. The van der Waals surface area contributed by atoms with Crippen LogP contribution in [0.5, 0.6) is 0 Å². The molecule has 1 rings (SSSR count). The minimum absolute atomic E-state index is 0.117. The molecule has 0 radical (unpaired) electrons. The van der Waals surface area contributed by atoms with Gasteiger partial charge in [0.25, 0.3) is 0 Å². The maximum absolute atomic E-state index is 11.3. The molecule has 90 valence electrons. The van der Waals surface area contributed by atoms with E-state index in [1.54, 1.807) is 6.92 Å². The van der Waals surface area contributed by atoms with Crippen molar-refractivity contribution in [1.29, 1.82) is 0 Å². The normalized spacial score (nSPS) is 24.6. The Labute approximate surface area is 95.6 Å². The maximum Gasteiger partial charge on any atom is 0.333 e. The summed E-state index contributed by atoms with van der Waals surface area (Å²) < 4.78 is 10.3. The van der Waals surface area contributed by atoms with Crippen LogP contribution in [0.3, 0.4) is 0 Å². The van der Waals surface area contributed by atoms with Crippen LogP contribution in [0.2, 0.25) is 0 Å². The molecule has 2 atom stereocenters. The Morgan fingerprint density at radius 3 is 2.19 bits per heavy atom. The molecule has 16 heavy (non-hydrogen) atoms. The Balaban J connectivity index is 2.41. The van der Waals surface area contributed by atoms with Gasteiger partial charge in [0.05, 0.1) is 0 Å². The average Bonchev–Trinajstić information content (AvgIpc) is 2.16. The second-order valence-electron chi connectivity index (χ2n) is 4.21. The van der Waals surface area contributed by atoms with E-state index in [9.17, 15) is 9.59 Å². The van der Waals surface area contributed by atoms with Gasteiger partial charge in [0.15, 0.2) is 0 Å².